The SMILES string of the molecule is CCC1(C)CCC(O)(c2ccccc2)CC1. The van der Waals surface area contributed by atoms with Crippen molar-refractivity contribution in [2.45, 2.75) is 51.6 Å². The summed E-state index contributed by atoms with van der Waals surface area (Å²) in [5, 5.41) is 10.7. The molecular formula is C15H22O. The van der Waals surface area contributed by atoms with Gasteiger partial charge in [0.25, 0.3) is 0 Å². The average Bonchev–Trinajstić information content (AvgIpc) is 2.35. The van der Waals surface area contributed by atoms with E-state index in [0.29, 0.717) is 5.41 Å². The van der Waals surface area contributed by atoms with E-state index in [1.165, 1.54) is 6.42 Å². The molecule has 1 N–H and O–H groups in total. The van der Waals surface area contributed by atoms with Crippen LogP contribution in [0.2, 0.25) is 0 Å². The Morgan fingerprint density at radius 2 is 1.62 bits per heavy atom. The van der Waals surface area contributed by atoms with Gasteiger partial charge in [0.2, 0.25) is 0 Å². The maximum atomic E-state index is 10.7. The topological polar surface area (TPSA) is 20.2 Å². The van der Waals surface area contributed by atoms with E-state index in [1.54, 1.807) is 0 Å². The molecule has 1 fully saturated rings. The van der Waals surface area contributed by atoms with E-state index in [1.807, 2.05) is 18.2 Å². The van der Waals surface area contributed by atoms with Crippen LogP contribution in [0.25, 0.3) is 0 Å². The number of aliphatic hydroxyl groups is 1. The zero-order valence-electron chi connectivity index (χ0n) is 10.4. The summed E-state index contributed by atoms with van der Waals surface area (Å²) in [7, 11) is 0. The molecule has 1 aliphatic carbocycles. The Hall–Kier alpha value is -0.820. The Bertz CT molecular complexity index is 334. The van der Waals surface area contributed by atoms with Crippen molar-refractivity contribution in [3.8, 4) is 0 Å². The van der Waals surface area contributed by atoms with Crippen LogP contribution in [0, 0.1) is 5.41 Å². The molecule has 0 unspecified atom stereocenters. The lowest BCUT2D eigenvalue weighted by Gasteiger charge is -2.42. The summed E-state index contributed by atoms with van der Waals surface area (Å²) >= 11 is 0. The van der Waals surface area contributed by atoms with Gasteiger partial charge >= 0.3 is 0 Å². The van der Waals surface area contributed by atoms with Crippen molar-refractivity contribution in [3.63, 3.8) is 0 Å². The van der Waals surface area contributed by atoms with Crippen LogP contribution in [0.3, 0.4) is 0 Å². The van der Waals surface area contributed by atoms with E-state index in [2.05, 4.69) is 26.0 Å². The molecule has 1 heteroatoms. The van der Waals surface area contributed by atoms with Crippen molar-refractivity contribution >= 4 is 0 Å². The average molecular weight is 218 g/mol. The van der Waals surface area contributed by atoms with Crippen LogP contribution in [0.1, 0.15) is 51.5 Å². The summed E-state index contributed by atoms with van der Waals surface area (Å²) in [4.78, 5) is 0. The summed E-state index contributed by atoms with van der Waals surface area (Å²) < 4.78 is 0. The second-order valence-corrected chi connectivity index (χ2v) is 5.56. The van der Waals surface area contributed by atoms with Gasteiger partial charge in [-0.05, 0) is 36.7 Å². The molecule has 0 amide bonds. The molecule has 1 nitrogen and oxygen atoms in total. The highest BCUT2D eigenvalue weighted by molar-refractivity contribution is 5.23. The number of rotatable bonds is 2. The first-order chi connectivity index (χ1) is 7.58. The number of benzene rings is 1. The van der Waals surface area contributed by atoms with Crippen LogP contribution in [0.4, 0.5) is 0 Å². The normalized spacial score (nSPS) is 34.9. The van der Waals surface area contributed by atoms with Crippen molar-refractivity contribution in [1.29, 1.82) is 0 Å². The standard InChI is InChI=1S/C15H22O/c1-3-14(2)9-11-15(16,12-10-14)13-7-5-4-6-8-13/h4-8,16H,3,9-12H2,1-2H3. The van der Waals surface area contributed by atoms with Gasteiger partial charge in [0.1, 0.15) is 0 Å². The second kappa shape index (κ2) is 4.21. The molecule has 0 aliphatic heterocycles. The third kappa shape index (κ3) is 2.15. The molecule has 1 saturated carbocycles. The molecule has 0 spiro atoms. The van der Waals surface area contributed by atoms with Gasteiger partial charge < -0.3 is 5.11 Å². The predicted molar refractivity (Wildman–Crippen MR) is 67.2 cm³/mol. The van der Waals surface area contributed by atoms with E-state index < -0.39 is 5.60 Å². The van der Waals surface area contributed by atoms with Gasteiger partial charge in [-0.15, -0.1) is 0 Å². The molecule has 1 aromatic rings. The molecule has 1 aromatic carbocycles. The number of hydrogen-bond donors (Lipinski definition) is 1. The number of hydrogen-bond acceptors (Lipinski definition) is 1. The Balaban J connectivity index is 2.13. The second-order valence-electron chi connectivity index (χ2n) is 5.56. The smallest absolute Gasteiger partial charge is 0.0897 e. The molecule has 1 aliphatic rings. The molecule has 0 radical (unpaired) electrons. The first kappa shape index (κ1) is 11.7. The van der Waals surface area contributed by atoms with E-state index in [9.17, 15) is 5.11 Å². The van der Waals surface area contributed by atoms with Gasteiger partial charge in [-0.2, -0.15) is 0 Å². The highest BCUT2D eigenvalue weighted by Gasteiger charge is 2.38. The van der Waals surface area contributed by atoms with Crippen molar-refractivity contribution in [2.24, 2.45) is 5.41 Å². The van der Waals surface area contributed by atoms with Gasteiger partial charge in [-0.3, -0.25) is 0 Å². The van der Waals surface area contributed by atoms with E-state index in [4.69, 9.17) is 0 Å². The third-order valence-electron chi connectivity index (χ3n) is 4.45. The predicted octanol–water partition coefficient (Wildman–Crippen LogP) is 3.86. The maximum Gasteiger partial charge on any atom is 0.0897 e. The maximum absolute atomic E-state index is 10.7. The first-order valence-electron chi connectivity index (χ1n) is 6.36. The van der Waals surface area contributed by atoms with Gasteiger partial charge in [-0.1, -0.05) is 50.6 Å². The molecule has 16 heavy (non-hydrogen) atoms. The van der Waals surface area contributed by atoms with Crippen LogP contribution in [0.5, 0.6) is 0 Å². The molecule has 0 atom stereocenters. The van der Waals surface area contributed by atoms with Crippen molar-refractivity contribution in [1.82, 2.24) is 0 Å². The quantitative estimate of drug-likeness (QED) is 0.799. The molecular weight excluding hydrogens is 196 g/mol. The summed E-state index contributed by atoms with van der Waals surface area (Å²) in [5.74, 6) is 0. The Morgan fingerprint density at radius 1 is 1.06 bits per heavy atom. The monoisotopic (exact) mass is 218 g/mol. The molecule has 0 aromatic heterocycles. The molecule has 2 rings (SSSR count). The summed E-state index contributed by atoms with van der Waals surface area (Å²) in [5.41, 5.74) is 0.963. The van der Waals surface area contributed by atoms with E-state index >= 15 is 0 Å². The highest BCUT2D eigenvalue weighted by atomic mass is 16.3. The molecule has 88 valence electrons. The Labute approximate surface area is 98.5 Å². The van der Waals surface area contributed by atoms with Gasteiger partial charge in [0, 0.05) is 0 Å². The van der Waals surface area contributed by atoms with Crippen LogP contribution in [-0.2, 0) is 5.60 Å². The zero-order chi connectivity index (χ0) is 11.6. The molecule has 0 bridgehead atoms. The summed E-state index contributed by atoms with van der Waals surface area (Å²) in [6.07, 6.45) is 5.30. The van der Waals surface area contributed by atoms with Crippen molar-refractivity contribution in [3.05, 3.63) is 35.9 Å². The fourth-order valence-corrected chi connectivity index (χ4v) is 2.66. The first-order valence-corrected chi connectivity index (χ1v) is 6.36. The third-order valence-corrected chi connectivity index (χ3v) is 4.45. The van der Waals surface area contributed by atoms with Gasteiger partial charge in [-0.25, -0.2) is 0 Å². The molecule has 0 saturated heterocycles. The van der Waals surface area contributed by atoms with Gasteiger partial charge in [0.15, 0.2) is 0 Å². The minimum Gasteiger partial charge on any atom is -0.385 e. The lowest BCUT2D eigenvalue weighted by atomic mass is 9.67. The van der Waals surface area contributed by atoms with Crippen LogP contribution in [0.15, 0.2) is 30.3 Å². The summed E-state index contributed by atoms with van der Waals surface area (Å²) in [6, 6.07) is 10.1. The van der Waals surface area contributed by atoms with Crippen molar-refractivity contribution in [2.75, 3.05) is 0 Å². The van der Waals surface area contributed by atoms with E-state index in [-0.39, 0.29) is 0 Å². The van der Waals surface area contributed by atoms with Crippen molar-refractivity contribution < 1.29 is 5.11 Å². The van der Waals surface area contributed by atoms with Crippen LogP contribution < -0.4 is 0 Å². The minimum absolute atomic E-state index is 0.445. The highest BCUT2D eigenvalue weighted by Crippen LogP contribution is 2.46. The lowest BCUT2D eigenvalue weighted by Crippen LogP contribution is -2.35. The van der Waals surface area contributed by atoms with Gasteiger partial charge in [0.05, 0.1) is 5.60 Å². The lowest BCUT2D eigenvalue weighted by molar-refractivity contribution is -0.0356. The largest absolute Gasteiger partial charge is 0.385 e. The zero-order valence-corrected chi connectivity index (χ0v) is 10.4. The molecule has 0 heterocycles. The fraction of sp³-hybridized carbons (Fsp3) is 0.600. The Morgan fingerprint density at radius 3 is 2.12 bits per heavy atom. The van der Waals surface area contributed by atoms with E-state index in [0.717, 1.165) is 31.2 Å². The Kier molecular flexibility index (Phi) is 3.07. The van der Waals surface area contributed by atoms with Crippen LogP contribution >= 0.6 is 0 Å². The van der Waals surface area contributed by atoms with Crippen LogP contribution in [-0.4, -0.2) is 5.11 Å². The minimum atomic E-state index is -0.573. The fourth-order valence-electron chi connectivity index (χ4n) is 2.66. The summed E-state index contributed by atoms with van der Waals surface area (Å²) in [6.45, 7) is 4.60.